The first kappa shape index (κ1) is 11.2. The van der Waals surface area contributed by atoms with E-state index in [0.29, 0.717) is 5.92 Å². The average molecular weight is 262 g/mol. The summed E-state index contributed by atoms with van der Waals surface area (Å²) in [5, 5.41) is 0. The molecule has 1 aliphatic rings. The first-order valence-electron chi connectivity index (χ1n) is 5.91. The maximum absolute atomic E-state index is 12.2. The predicted octanol–water partition coefficient (Wildman–Crippen LogP) is 4.84. The summed E-state index contributed by atoms with van der Waals surface area (Å²) in [6.45, 7) is 6.49. The van der Waals surface area contributed by atoms with E-state index in [9.17, 15) is 4.79 Å². The van der Waals surface area contributed by atoms with Crippen LogP contribution in [0.5, 0.6) is 0 Å². The number of aryl methyl sites for hydroxylation is 1. The summed E-state index contributed by atoms with van der Waals surface area (Å²) in [5.74, 6) is 0.785. The second-order valence-corrected chi connectivity index (χ2v) is 6.97. The minimum absolute atomic E-state index is 0.227. The van der Waals surface area contributed by atoms with Crippen molar-refractivity contribution < 1.29 is 4.79 Å². The van der Waals surface area contributed by atoms with Gasteiger partial charge in [0.05, 0.1) is 9.75 Å². The van der Waals surface area contributed by atoms with Crippen molar-refractivity contribution in [2.45, 2.75) is 33.1 Å². The van der Waals surface area contributed by atoms with Gasteiger partial charge in [-0.3, -0.25) is 4.79 Å². The Bertz CT molecular complexity index is 604. The molecule has 0 saturated heterocycles. The quantitative estimate of drug-likeness (QED) is 0.645. The number of thiophene rings is 2. The molecule has 3 rings (SSSR count). The summed E-state index contributed by atoms with van der Waals surface area (Å²) >= 11 is 3.55. The molecule has 0 saturated carbocycles. The van der Waals surface area contributed by atoms with Crippen LogP contribution in [0.15, 0.2) is 12.1 Å². The summed E-state index contributed by atoms with van der Waals surface area (Å²) in [6, 6.07) is 4.14. The van der Waals surface area contributed by atoms with Gasteiger partial charge in [-0.25, -0.2) is 0 Å². The molecule has 17 heavy (non-hydrogen) atoms. The van der Waals surface area contributed by atoms with E-state index < -0.39 is 0 Å². The molecule has 1 atom stereocenters. The van der Waals surface area contributed by atoms with Gasteiger partial charge < -0.3 is 0 Å². The van der Waals surface area contributed by atoms with Crippen molar-refractivity contribution in [3.63, 3.8) is 0 Å². The Morgan fingerprint density at radius 1 is 1.18 bits per heavy atom. The predicted molar refractivity (Wildman–Crippen MR) is 74.5 cm³/mol. The standard InChI is InChI=1S/C14H14OS2/c1-4-7(2)11-6-10-12(15)9-5-8(3)16-13(9)14(10)17-11/h5-7H,4H2,1-3H3/t7-/m0/s1. The highest BCUT2D eigenvalue weighted by Gasteiger charge is 2.31. The maximum atomic E-state index is 12.2. The summed E-state index contributed by atoms with van der Waals surface area (Å²) in [4.78, 5) is 17.2. The van der Waals surface area contributed by atoms with Gasteiger partial charge in [-0.15, -0.1) is 22.7 Å². The van der Waals surface area contributed by atoms with E-state index >= 15 is 0 Å². The molecule has 1 nitrogen and oxygen atoms in total. The van der Waals surface area contributed by atoms with Crippen molar-refractivity contribution >= 4 is 28.5 Å². The average Bonchev–Trinajstić information content (AvgIpc) is 2.94. The lowest BCUT2D eigenvalue weighted by atomic mass is 10.1. The first-order valence-corrected chi connectivity index (χ1v) is 7.54. The Kier molecular flexibility index (Phi) is 2.49. The summed E-state index contributed by atoms with van der Waals surface area (Å²) in [6.07, 6.45) is 1.13. The smallest absolute Gasteiger partial charge is 0.196 e. The zero-order valence-electron chi connectivity index (χ0n) is 10.2. The van der Waals surface area contributed by atoms with Gasteiger partial charge in [-0.05, 0) is 31.4 Å². The molecule has 0 aliphatic heterocycles. The molecule has 1 aliphatic carbocycles. The van der Waals surface area contributed by atoms with Crippen molar-refractivity contribution in [2.75, 3.05) is 0 Å². The number of hydrogen-bond donors (Lipinski definition) is 0. The van der Waals surface area contributed by atoms with Crippen molar-refractivity contribution in [1.82, 2.24) is 0 Å². The molecule has 3 heteroatoms. The van der Waals surface area contributed by atoms with Gasteiger partial charge in [-0.2, -0.15) is 0 Å². The van der Waals surface area contributed by atoms with Crippen LogP contribution >= 0.6 is 22.7 Å². The zero-order valence-corrected chi connectivity index (χ0v) is 11.8. The Balaban J connectivity index is 2.16. The van der Waals surface area contributed by atoms with Crippen LogP contribution < -0.4 is 0 Å². The lowest BCUT2D eigenvalue weighted by Crippen LogP contribution is -1.93. The SMILES string of the molecule is CC[C@H](C)c1cc2c(s1)-c1sc(C)cc1C2=O. The van der Waals surface area contributed by atoms with E-state index in [1.165, 1.54) is 19.5 Å². The highest BCUT2D eigenvalue weighted by molar-refractivity contribution is 7.23. The third-order valence-electron chi connectivity index (χ3n) is 3.40. The van der Waals surface area contributed by atoms with Gasteiger partial charge in [0.15, 0.2) is 5.78 Å². The normalized spacial score (nSPS) is 14.9. The molecule has 0 N–H and O–H groups in total. The molecule has 0 aromatic carbocycles. The van der Waals surface area contributed by atoms with Gasteiger partial charge in [-0.1, -0.05) is 13.8 Å². The molecule has 2 heterocycles. The lowest BCUT2D eigenvalue weighted by Gasteiger charge is -2.03. The highest BCUT2D eigenvalue weighted by atomic mass is 32.1. The van der Waals surface area contributed by atoms with E-state index in [4.69, 9.17) is 0 Å². The number of carbonyl (C=O) groups excluding carboxylic acids is 1. The van der Waals surface area contributed by atoms with E-state index in [-0.39, 0.29) is 5.78 Å². The second-order valence-electron chi connectivity index (χ2n) is 4.63. The Morgan fingerprint density at radius 3 is 2.53 bits per heavy atom. The van der Waals surface area contributed by atoms with Crippen LogP contribution in [0.2, 0.25) is 0 Å². The lowest BCUT2D eigenvalue weighted by molar-refractivity contribution is 0.104. The van der Waals surface area contributed by atoms with Crippen LogP contribution in [0.1, 0.15) is 51.9 Å². The Labute approximate surface area is 109 Å². The molecule has 0 fully saturated rings. The van der Waals surface area contributed by atoms with Gasteiger partial charge in [0.25, 0.3) is 0 Å². The third kappa shape index (κ3) is 1.53. The van der Waals surface area contributed by atoms with Gasteiger partial charge in [0, 0.05) is 20.9 Å². The molecule has 0 bridgehead atoms. The Hall–Kier alpha value is -0.930. The molecular weight excluding hydrogens is 248 g/mol. The molecule has 0 spiro atoms. The Morgan fingerprint density at radius 2 is 1.82 bits per heavy atom. The fourth-order valence-electron chi connectivity index (χ4n) is 2.19. The van der Waals surface area contributed by atoms with Crippen molar-refractivity contribution in [2.24, 2.45) is 0 Å². The highest BCUT2D eigenvalue weighted by Crippen LogP contribution is 2.47. The molecule has 88 valence electrons. The molecule has 2 aromatic rings. The van der Waals surface area contributed by atoms with Gasteiger partial charge in [0.1, 0.15) is 0 Å². The summed E-state index contributed by atoms with van der Waals surface area (Å²) < 4.78 is 0. The third-order valence-corrected chi connectivity index (χ3v) is 5.98. The summed E-state index contributed by atoms with van der Waals surface area (Å²) in [7, 11) is 0. The van der Waals surface area contributed by atoms with E-state index in [0.717, 1.165) is 17.5 Å². The van der Waals surface area contributed by atoms with Crippen LogP contribution in [-0.2, 0) is 0 Å². The maximum Gasteiger partial charge on any atom is 0.196 e. The van der Waals surface area contributed by atoms with Crippen molar-refractivity contribution in [1.29, 1.82) is 0 Å². The van der Waals surface area contributed by atoms with E-state index in [2.05, 4.69) is 26.8 Å². The van der Waals surface area contributed by atoms with Crippen LogP contribution in [0, 0.1) is 6.92 Å². The number of hydrogen-bond acceptors (Lipinski definition) is 3. The van der Waals surface area contributed by atoms with Crippen LogP contribution in [-0.4, -0.2) is 5.78 Å². The number of rotatable bonds is 2. The number of ketones is 1. The van der Waals surface area contributed by atoms with Gasteiger partial charge >= 0.3 is 0 Å². The first-order chi connectivity index (χ1) is 8.11. The van der Waals surface area contributed by atoms with E-state index in [1.54, 1.807) is 22.7 Å². The largest absolute Gasteiger partial charge is 0.288 e. The van der Waals surface area contributed by atoms with Gasteiger partial charge in [0.2, 0.25) is 0 Å². The molecular formula is C14H14OS2. The fourth-order valence-corrected chi connectivity index (χ4v) is 4.65. The minimum Gasteiger partial charge on any atom is -0.288 e. The van der Waals surface area contributed by atoms with Crippen LogP contribution in [0.3, 0.4) is 0 Å². The van der Waals surface area contributed by atoms with E-state index in [1.807, 2.05) is 6.07 Å². The summed E-state index contributed by atoms with van der Waals surface area (Å²) in [5.41, 5.74) is 1.86. The molecule has 2 aromatic heterocycles. The second kappa shape index (κ2) is 3.79. The van der Waals surface area contributed by atoms with Crippen LogP contribution in [0.25, 0.3) is 9.75 Å². The molecule has 0 radical (unpaired) electrons. The number of fused-ring (bicyclic) bond motifs is 3. The van der Waals surface area contributed by atoms with Crippen molar-refractivity contribution in [3.8, 4) is 9.75 Å². The number of carbonyl (C=O) groups is 1. The van der Waals surface area contributed by atoms with Crippen LogP contribution in [0.4, 0.5) is 0 Å². The molecule has 0 amide bonds. The topological polar surface area (TPSA) is 17.1 Å². The minimum atomic E-state index is 0.227. The monoisotopic (exact) mass is 262 g/mol. The fraction of sp³-hybridized carbons (Fsp3) is 0.357. The van der Waals surface area contributed by atoms with Crippen molar-refractivity contribution in [3.05, 3.63) is 33.0 Å². The molecule has 0 unspecified atom stereocenters. The zero-order chi connectivity index (χ0) is 12.2.